The molecule has 0 amide bonds. The van der Waals surface area contributed by atoms with Gasteiger partial charge in [-0.2, -0.15) is 0 Å². The van der Waals surface area contributed by atoms with Gasteiger partial charge in [-0.1, -0.05) is 28.1 Å². The Morgan fingerprint density at radius 1 is 1.20 bits per heavy atom. The summed E-state index contributed by atoms with van der Waals surface area (Å²) < 4.78 is 6.54. The molecule has 2 aromatic rings. The van der Waals surface area contributed by atoms with Gasteiger partial charge in [0.25, 0.3) is 0 Å². The third-order valence-corrected chi connectivity index (χ3v) is 3.17. The van der Waals surface area contributed by atoms with Crippen LogP contribution in [0.25, 0.3) is 5.57 Å². The molecule has 3 rings (SSSR count). The van der Waals surface area contributed by atoms with Crippen molar-refractivity contribution < 1.29 is 4.42 Å². The van der Waals surface area contributed by atoms with E-state index in [2.05, 4.69) is 40.2 Å². The predicted octanol–water partition coefficient (Wildman–Crippen LogP) is 4.03. The Labute approximate surface area is 96.5 Å². The molecule has 1 aromatic carbocycles. The van der Waals surface area contributed by atoms with Crippen LogP contribution in [0.4, 0.5) is 0 Å². The summed E-state index contributed by atoms with van der Waals surface area (Å²) in [4.78, 5) is 0. The second-order valence-corrected chi connectivity index (χ2v) is 4.52. The van der Waals surface area contributed by atoms with Crippen LogP contribution in [0.5, 0.6) is 0 Å². The molecular weight excluding hydrogens is 252 g/mol. The summed E-state index contributed by atoms with van der Waals surface area (Å²) in [5, 5.41) is 0. The largest absolute Gasteiger partial charge is 0.464 e. The Bertz CT molecular complexity index is 523. The first-order valence-electron chi connectivity index (χ1n) is 4.87. The van der Waals surface area contributed by atoms with Crippen LogP contribution in [0.1, 0.15) is 16.9 Å². The van der Waals surface area contributed by atoms with Crippen LogP contribution in [0.15, 0.2) is 51.6 Å². The van der Waals surface area contributed by atoms with Crippen molar-refractivity contribution >= 4 is 21.5 Å². The van der Waals surface area contributed by atoms with Crippen LogP contribution in [-0.4, -0.2) is 0 Å². The molecule has 1 aromatic heterocycles. The van der Waals surface area contributed by atoms with E-state index in [-0.39, 0.29) is 0 Å². The molecule has 0 atom stereocenters. The molecule has 15 heavy (non-hydrogen) atoms. The van der Waals surface area contributed by atoms with Crippen LogP contribution in [-0.2, 0) is 6.42 Å². The third kappa shape index (κ3) is 1.45. The molecule has 0 saturated heterocycles. The van der Waals surface area contributed by atoms with Crippen molar-refractivity contribution in [3.05, 3.63) is 64.0 Å². The number of allylic oxidation sites excluding steroid dienone is 1. The van der Waals surface area contributed by atoms with E-state index in [1.165, 1.54) is 16.7 Å². The first kappa shape index (κ1) is 8.98. The highest BCUT2D eigenvalue weighted by atomic mass is 79.9. The van der Waals surface area contributed by atoms with Crippen molar-refractivity contribution in [1.82, 2.24) is 0 Å². The van der Waals surface area contributed by atoms with Gasteiger partial charge in [-0.15, -0.1) is 0 Å². The molecule has 0 spiro atoms. The molecule has 1 aliphatic carbocycles. The Morgan fingerprint density at radius 3 is 2.93 bits per heavy atom. The fourth-order valence-electron chi connectivity index (χ4n) is 1.96. The fraction of sp³-hybridized carbons (Fsp3) is 0.0769. The van der Waals surface area contributed by atoms with Crippen molar-refractivity contribution in [2.75, 3.05) is 0 Å². The van der Waals surface area contributed by atoms with Crippen molar-refractivity contribution in [2.45, 2.75) is 6.42 Å². The van der Waals surface area contributed by atoms with Crippen molar-refractivity contribution in [1.29, 1.82) is 0 Å². The minimum Gasteiger partial charge on any atom is -0.464 e. The highest BCUT2D eigenvalue weighted by Crippen LogP contribution is 2.34. The van der Waals surface area contributed by atoms with Gasteiger partial charge in [-0.3, -0.25) is 0 Å². The minimum atomic E-state index is 0.951. The first-order valence-corrected chi connectivity index (χ1v) is 5.67. The summed E-state index contributed by atoms with van der Waals surface area (Å²) in [6.07, 6.45) is 4.93. The second kappa shape index (κ2) is 3.38. The van der Waals surface area contributed by atoms with Crippen molar-refractivity contribution in [3.63, 3.8) is 0 Å². The van der Waals surface area contributed by atoms with Gasteiger partial charge < -0.3 is 4.42 Å². The zero-order valence-electron chi connectivity index (χ0n) is 8.03. The zero-order valence-corrected chi connectivity index (χ0v) is 9.62. The van der Waals surface area contributed by atoms with Gasteiger partial charge >= 0.3 is 0 Å². The van der Waals surface area contributed by atoms with Crippen LogP contribution in [0.2, 0.25) is 0 Å². The standard InChI is InChI=1S/C13H9BrO/c14-10-5-3-9-4-6-11(12(9)8-10)13-2-1-7-15-13/h1-3,5-8H,4H2. The molecule has 0 radical (unpaired) electrons. The van der Waals surface area contributed by atoms with E-state index in [4.69, 9.17) is 4.42 Å². The number of furan rings is 1. The van der Waals surface area contributed by atoms with Crippen LogP contribution < -0.4 is 0 Å². The maximum atomic E-state index is 5.43. The molecule has 74 valence electrons. The topological polar surface area (TPSA) is 13.1 Å². The van der Waals surface area contributed by atoms with Crippen LogP contribution in [0, 0.1) is 0 Å². The minimum absolute atomic E-state index is 0.951. The smallest absolute Gasteiger partial charge is 0.134 e. The number of rotatable bonds is 1. The molecule has 1 heterocycles. The summed E-state index contributed by atoms with van der Waals surface area (Å²) in [6.45, 7) is 0. The molecule has 0 saturated carbocycles. The highest BCUT2D eigenvalue weighted by molar-refractivity contribution is 9.10. The maximum absolute atomic E-state index is 5.43. The van der Waals surface area contributed by atoms with Gasteiger partial charge in [0, 0.05) is 10.0 Å². The summed E-state index contributed by atoms with van der Waals surface area (Å²) >= 11 is 3.50. The average molecular weight is 261 g/mol. The summed E-state index contributed by atoms with van der Waals surface area (Å²) in [5.74, 6) is 0.951. The normalized spacial score (nSPS) is 13.8. The van der Waals surface area contributed by atoms with E-state index >= 15 is 0 Å². The van der Waals surface area contributed by atoms with Gasteiger partial charge in [-0.05, 0) is 41.8 Å². The number of hydrogen-bond donors (Lipinski definition) is 0. The lowest BCUT2D eigenvalue weighted by Crippen LogP contribution is -1.85. The second-order valence-electron chi connectivity index (χ2n) is 3.60. The van der Waals surface area contributed by atoms with E-state index < -0.39 is 0 Å². The Balaban J connectivity index is 2.14. The highest BCUT2D eigenvalue weighted by Gasteiger charge is 2.17. The first-order chi connectivity index (χ1) is 7.34. The van der Waals surface area contributed by atoms with Gasteiger partial charge in [-0.25, -0.2) is 0 Å². The monoisotopic (exact) mass is 260 g/mol. The molecule has 2 heteroatoms. The SMILES string of the molecule is Brc1ccc2c(c1)C(c1ccco1)=CC2. The van der Waals surface area contributed by atoms with Crippen molar-refractivity contribution in [2.24, 2.45) is 0 Å². The lowest BCUT2D eigenvalue weighted by atomic mass is 10.0. The average Bonchev–Trinajstić information content (AvgIpc) is 2.83. The van der Waals surface area contributed by atoms with E-state index in [1.54, 1.807) is 6.26 Å². The Kier molecular flexibility index (Phi) is 2.03. The Hall–Kier alpha value is -1.28. The molecular formula is C13H9BrO. The molecule has 0 N–H and O–H groups in total. The lowest BCUT2D eigenvalue weighted by Gasteiger charge is -2.03. The Morgan fingerprint density at radius 2 is 2.13 bits per heavy atom. The lowest BCUT2D eigenvalue weighted by molar-refractivity contribution is 0.554. The number of halogens is 1. The summed E-state index contributed by atoms with van der Waals surface area (Å²) in [6, 6.07) is 10.3. The molecule has 0 bridgehead atoms. The van der Waals surface area contributed by atoms with Gasteiger partial charge in [0.2, 0.25) is 0 Å². The van der Waals surface area contributed by atoms with Gasteiger partial charge in [0.05, 0.1) is 6.26 Å². The van der Waals surface area contributed by atoms with E-state index in [0.29, 0.717) is 0 Å². The maximum Gasteiger partial charge on any atom is 0.134 e. The van der Waals surface area contributed by atoms with E-state index in [0.717, 1.165) is 16.7 Å². The number of fused-ring (bicyclic) bond motifs is 1. The molecule has 0 aliphatic heterocycles. The van der Waals surface area contributed by atoms with E-state index in [1.807, 2.05) is 12.1 Å². The predicted molar refractivity (Wildman–Crippen MR) is 63.6 cm³/mol. The quantitative estimate of drug-likeness (QED) is 0.755. The van der Waals surface area contributed by atoms with Gasteiger partial charge in [0.15, 0.2) is 0 Å². The van der Waals surface area contributed by atoms with Gasteiger partial charge in [0.1, 0.15) is 5.76 Å². The van der Waals surface area contributed by atoms with E-state index in [9.17, 15) is 0 Å². The molecule has 0 fully saturated rings. The van der Waals surface area contributed by atoms with Crippen LogP contribution >= 0.6 is 15.9 Å². The fourth-order valence-corrected chi connectivity index (χ4v) is 2.33. The van der Waals surface area contributed by atoms with Crippen LogP contribution in [0.3, 0.4) is 0 Å². The van der Waals surface area contributed by atoms with Crippen molar-refractivity contribution in [3.8, 4) is 0 Å². The molecule has 1 aliphatic rings. The third-order valence-electron chi connectivity index (χ3n) is 2.67. The number of hydrogen-bond acceptors (Lipinski definition) is 1. The zero-order chi connectivity index (χ0) is 10.3. The molecule has 1 nitrogen and oxygen atoms in total. The summed E-state index contributed by atoms with van der Waals surface area (Å²) in [7, 11) is 0. The molecule has 0 unspecified atom stereocenters. The summed E-state index contributed by atoms with van der Waals surface area (Å²) in [5.41, 5.74) is 3.85. The number of benzene rings is 1.